The molecule has 1 heterocycles. The molecule has 1 aliphatic heterocycles. The maximum absolute atomic E-state index is 11.5. The Labute approximate surface area is 83.3 Å². The lowest BCUT2D eigenvalue weighted by Crippen LogP contribution is -2.30. The number of benzene rings is 1. The second-order valence-corrected chi connectivity index (χ2v) is 3.30. The topological polar surface area (TPSA) is 29.5 Å². The Morgan fingerprint density at radius 3 is 2.57 bits per heavy atom. The van der Waals surface area contributed by atoms with Crippen molar-refractivity contribution in [2.45, 2.75) is 12.8 Å². The van der Waals surface area contributed by atoms with E-state index in [4.69, 9.17) is 4.74 Å². The zero-order valence-corrected chi connectivity index (χ0v) is 7.90. The van der Waals surface area contributed by atoms with E-state index < -0.39 is 0 Å². The van der Waals surface area contributed by atoms with E-state index in [2.05, 4.69) is 6.07 Å². The largest absolute Gasteiger partial charge is 0.415 e. The van der Waals surface area contributed by atoms with Gasteiger partial charge in [-0.15, -0.1) is 0 Å². The van der Waals surface area contributed by atoms with Gasteiger partial charge in [0, 0.05) is 13.1 Å². The first-order valence-electron chi connectivity index (χ1n) is 4.79. The van der Waals surface area contributed by atoms with Gasteiger partial charge in [0.1, 0.15) is 5.75 Å². The summed E-state index contributed by atoms with van der Waals surface area (Å²) in [5.74, 6) is 0.584. The number of hydrogen-bond donors (Lipinski definition) is 0. The number of carbonyl (C=O) groups is 1. The fraction of sp³-hybridized carbons (Fsp3) is 0.364. The lowest BCUT2D eigenvalue weighted by Gasteiger charge is -2.14. The molecule has 0 spiro atoms. The zero-order valence-electron chi connectivity index (χ0n) is 7.90. The summed E-state index contributed by atoms with van der Waals surface area (Å²) < 4.78 is 5.17. The SMILES string of the molecule is O=C(Oc1cc[c]cc1)N1CCCC1. The third-order valence-corrected chi connectivity index (χ3v) is 2.26. The summed E-state index contributed by atoms with van der Waals surface area (Å²) >= 11 is 0. The molecule has 3 nitrogen and oxygen atoms in total. The molecule has 0 saturated carbocycles. The van der Waals surface area contributed by atoms with Gasteiger partial charge in [0.25, 0.3) is 0 Å². The lowest BCUT2D eigenvalue weighted by atomic mass is 10.3. The molecular formula is C11H12NO2. The molecule has 73 valence electrons. The molecule has 1 radical (unpaired) electrons. The third-order valence-electron chi connectivity index (χ3n) is 2.26. The number of nitrogens with zero attached hydrogens (tertiary/aromatic N) is 1. The van der Waals surface area contributed by atoms with E-state index in [9.17, 15) is 4.79 Å². The molecule has 1 aliphatic rings. The van der Waals surface area contributed by atoms with Gasteiger partial charge in [-0.3, -0.25) is 0 Å². The minimum atomic E-state index is -0.242. The van der Waals surface area contributed by atoms with Gasteiger partial charge in [-0.2, -0.15) is 0 Å². The normalized spacial score (nSPS) is 15.6. The van der Waals surface area contributed by atoms with Crippen LogP contribution in [0.15, 0.2) is 24.3 Å². The maximum atomic E-state index is 11.5. The van der Waals surface area contributed by atoms with Crippen LogP contribution in [-0.4, -0.2) is 24.1 Å². The first-order valence-corrected chi connectivity index (χ1v) is 4.79. The lowest BCUT2D eigenvalue weighted by molar-refractivity contribution is 0.163. The van der Waals surface area contributed by atoms with Gasteiger partial charge >= 0.3 is 6.09 Å². The van der Waals surface area contributed by atoms with E-state index in [-0.39, 0.29) is 6.09 Å². The number of likely N-dealkylation sites (tertiary alicyclic amines) is 1. The van der Waals surface area contributed by atoms with E-state index in [1.807, 2.05) is 0 Å². The van der Waals surface area contributed by atoms with Crippen molar-refractivity contribution in [3.05, 3.63) is 30.3 Å². The minimum Gasteiger partial charge on any atom is -0.410 e. The van der Waals surface area contributed by atoms with Crippen molar-refractivity contribution >= 4 is 6.09 Å². The van der Waals surface area contributed by atoms with E-state index in [1.165, 1.54) is 0 Å². The molecule has 1 saturated heterocycles. The van der Waals surface area contributed by atoms with Gasteiger partial charge in [0.15, 0.2) is 0 Å². The Bertz CT molecular complexity index is 304. The number of carbonyl (C=O) groups excluding carboxylic acids is 1. The van der Waals surface area contributed by atoms with Crippen LogP contribution in [0.3, 0.4) is 0 Å². The van der Waals surface area contributed by atoms with Crippen LogP contribution in [0.25, 0.3) is 0 Å². The van der Waals surface area contributed by atoms with Gasteiger partial charge in [-0.05, 0) is 31.0 Å². The van der Waals surface area contributed by atoms with E-state index in [1.54, 1.807) is 29.2 Å². The predicted molar refractivity (Wildman–Crippen MR) is 52.1 cm³/mol. The highest BCUT2D eigenvalue weighted by Crippen LogP contribution is 2.13. The standard InChI is InChI=1S/C11H12NO2/c13-11(12-8-4-5-9-12)14-10-6-2-1-3-7-10/h2-3,6-7H,4-5,8-9H2. The summed E-state index contributed by atoms with van der Waals surface area (Å²) in [6.07, 6.45) is 1.92. The van der Waals surface area contributed by atoms with Crippen molar-refractivity contribution in [3.8, 4) is 5.75 Å². The Balaban J connectivity index is 1.94. The first kappa shape index (κ1) is 9.06. The highest BCUT2D eigenvalue weighted by Gasteiger charge is 2.19. The average Bonchev–Trinajstić information content (AvgIpc) is 2.72. The number of amides is 1. The smallest absolute Gasteiger partial charge is 0.410 e. The van der Waals surface area contributed by atoms with Crippen molar-refractivity contribution in [2.24, 2.45) is 0 Å². The number of rotatable bonds is 1. The van der Waals surface area contributed by atoms with Gasteiger partial charge < -0.3 is 9.64 Å². The molecule has 0 atom stereocenters. The van der Waals surface area contributed by atoms with Crippen LogP contribution < -0.4 is 4.74 Å². The van der Waals surface area contributed by atoms with Crippen LogP contribution in [0.5, 0.6) is 5.75 Å². The molecule has 3 heteroatoms. The van der Waals surface area contributed by atoms with E-state index >= 15 is 0 Å². The number of hydrogen-bond acceptors (Lipinski definition) is 2. The average molecular weight is 190 g/mol. The predicted octanol–water partition coefficient (Wildman–Crippen LogP) is 2.08. The third kappa shape index (κ3) is 2.05. The Hall–Kier alpha value is -1.51. The molecule has 0 aliphatic carbocycles. The van der Waals surface area contributed by atoms with Crippen LogP contribution >= 0.6 is 0 Å². The van der Waals surface area contributed by atoms with Crippen LogP contribution in [0.4, 0.5) is 4.79 Å². The molecule has 0 bridgehead atoms. The fourth-order valence-electron chi connectivity index (χ4n) is 1.50. The maximum Gasteiger partial charge on any atom is 0.415 e. The first-order chi connectivity index (χ1) is 6.86. The van der Waals surface area contributed by atoms with Crippen LogP contribution in [0, 0.1) is 6.07 Å². The molecule has 14 heavy (non-hydrogen) atoms. The summed E-state index contributed by atoms with van der Waals surface area (Å²) in [5, 5.41) is 0. The van der Waals surface area contributed by atoms with Crippen LogP contribution in [0.1, 0.15) is 12.8 Å². The Kier molecular flexibility index (Phi) is 2.68. The monoisotopic (exact) mass is 190 g/mol. The molecule has 0 N–H and O–H groups in total. The number of ether oxygens (including phenoxy) is 1. The zero-order chi connectivity index (χ0) is 9.80. The summed E-state index contributed by atoms with van der Waals surface area (Å²) in [4.78, 5) is 13.2. The highest BCUT2D eigenvalue weighted by molar-refractivity contribution is 5.70. The summed E-state index contributed by atoms with van der Waals surface area (Å²) in [7, 11) is 0. The van der Waals surface area contributed by atoms with Crippen molar-refractivity contribution < 1.29 is 9.53 Å². The highest BCUT2D eigenvalue weighted by atomic mass is 16.6. The van der Waals surface area contributed by atoms with Crippen LogP contribution in [0.2, 0.25) is 0 Å². The molecule has 1 amide bonds. The molecular weight excluding hydrogens is 178 g/mol. The van der Waals surface area contributed by atoms with E-state index in [0.29, 0.717) is 5.75 Å². The quantitative estimate of drug-likeness (QED) is 0.678. The Morgan fingerprint density at radius 2 is 1.93 bits per heavy atom. The molecule has 2 rings (SSSR count). The van der Waals surface area contributed by atoms with Crippen molar-refractivity contribution in [2.75, 3.05) is 13.1 Å². The van der Waals surface area contributed by atoms with Gasteiger partial charge in [-0.25, -0.2) is 4.79 Å². The van der Waals surface area contributed by atoms with Crippen molar-refractivity contribution in [3.63, 3.8) is 0 Å². The molecule has 0 aromatic heterocycles. The minimum absolute atomic E-state index is 0.242. The van der Waals surface area contributed by atoms with Gasteiger partial charge in [0.05, 0.1) is 0 Å². The van der Waals surface area contributed by atoms with Crippen LogP contribution in [-0.2, 0) is 0 Å². The van der Waals surface area contributed by atoms with Crippen molar-refractivity contribution in [1.82, 2.24) is 4.90 Å². The second-order valence-electron chi connectivity index (χ2n) is 3.30. The van der Waals surface area contributed by atoms with E-state index in [0.717, 1.165) is 25.9 Å². The molecule has 1 aromatic carbocycles. The fourth-order valence-corrected chi connectivity index (χ4v) is 1.50. The summed E-state index contributed by atoms with van der Waals surface area (Å²) in [6.45, 7) is 1.63. The second kappa shape index (κ2) is 4.13. The molecule has 1 aromatic rings. The van der Waals surface area contributed by atoms with Crippen molar-refractivity contribution in [1.29, 1.82) is 0 Å². The van der Waals surface area contributed by atoms with Gasteiger partial charge in [-0.1, -0.05) is 12.1 Å². The molecule has 0 unspecified atom stereocenters. The molecule has 1 fully saturated rings. The summed E-state index contributed by atoms with van der Waals surface area (Å²) in [6, 6.07) is 9.79. The summed E-state index contributed by atoms with van der Waals surface area (Å²) in [5.41, 5.74) is 0. The Morgan fingerprint density at radius 1 is 1.29 bits per heavy atom. The van der Waals surface area contributed by atoms with Gasteiger partial charge in [0.2, 0.25) is 0 Å².